The Morgan fingerprint density at radius 2 is 1.22 bits per heavy atom. The van der Waals surface area contributed by atoms with Crippen molar-refractivity contribution >= 4 is 50.5 Å². The molecule has 0 saturated heterocycles. The zero-order valence-corrected chi connectivity index (χ0v) is 23.4. The molecule has 0 bridgehead atoms. The number of hydrogen-bond donors (Lipinski definition) is 0. The lowest BCUT2D eigenvalue weighted by Crippen LogP contribution is -2.04. The van der Waals surface area contributed by atoms with E-state index < -0.39 is 0 Å². The van der Waals surface area contributed by atoms with E-state index in [1.807, 2.05) is 0 Å². The number of benzene rings is 2. The van der Waals surface area contributed by atoms with Crippen molar-refractivity contribution in [3.63, 3.8) is 0 Å². The molecule has 11 heteroatoms. The van der Waals surface area contributed by atoms with Crippen LogP contribution in [0.2, 0.25) is 0 Å². The number of carbonyl (C=O) groups excluding carboxylic acids is 2. The Morgan fingerprint density at radius 3 is 1.68 bits per heavy atom. The van der Waals surface area contributed by atoms with Gasteiger partial charge in [0.15, 0.2) is 0 Å². The van der Waals surface area contributed by atoms with E-state index in [0.29, 0.717) is 49.7 Å². The van der Waals surface area contributed by atoms with E-state index in [4.69, 9.17) is 9.47 Å². The van der Waals surface area contributed by atoms with Gasteiger partial charge in [-0.05, 0) is 69.3 Å². The Labute approximate surface area is 229 Å². The number of ether oxygens (including phenoxy) is 2. The van der Waals surface area contributed by atoms with Crippen LogP contribution in [-0.4, -0.2) is 35.1 Å². The first-order chi connectivity index (χ1) is 17.8. The number of esters is 2. The molecular formula is C26H23BrF2N2O4S2. The first-order valence-corrected chi connectivity index (χ1v) is 13.9. The molecule has 2 aromatic heterocycles. The molecule has 4 rings (SSSR count). The number of aromatic nitrogens is 2. The molecule has 6 nitrogen and oxygen atoms in total. The molecule has 0 atom stereocenters. The lowest BCUT2D eigenvalue weighted by Gasteiger charge is -1.98. The first kappa shape index (κ1) is 28.5. The smallest absolute Gasteiger partial charge is 0.350 e. The molecule has 0 radical (unpaired) electrons. The van der Waals surface area contributed by atoms with Crippen molar-refractivity contribution in [3.8, 4) is 21.1 Å². The standard InChI is InChI=1S/C13H11BrFNO2S.C13H12FNO2S/c1-2-18-13(17)11-10(7-14)16-12(19-11)8-3-5-9(15)6-4-8;1-3-17-13(16)11-8(2)15-12(18-11)9-4-6-10(14)7-5-9/h3-6H,2,7H2,1H3;4-7H,3H2,1-2H3. The van der Waals surface area contributed by atoms with Crippen LogP contribution in [0.1, 0.15) is 44.6 Å². The van der Waals surface area contributed by atoms with Crippen LogP contribution in [0, 0.1) is 18.6 Å². The fraction of sp³-hybridized carbons (Fsp3) is 0.231. The van der Waals surface area contributed by atoms with Gasteiger partial charge in [-0.25, -0.2) is 28.3 Å². The number of carbonyl (C=O) groups is 2. The van der Waals surface area contributed by atoms with Crippen molar-refractivity contribution in [3.05, 3.63) is 81.3 Å². The Morgan fingerprint density at radius 1 is 0.784 bits per heavy atom. The van der Waals surface area contributed by atoms with Gasteiger partial charge in [0.2, 0.25) is 0 Å². The van der Waals surface area contributed by atoms with Gasteiger partial charge >= 0.3 is 11.9 Å². The van der Waals surface area contributed by atoms with Gasteiger partial charge in [-0.3, -0.25) is 0 Å². The Hall–Kier alpha value is -3.02. The average Bonchev–Trinajstić information content (AvgIpc) is 3.50. The highest BCUT2D eigenvalue weighted by Crippen LogP contribution is 2.30. The van der Waals surface area contributed by atoms with Crippen LogP contribution in [0.25, 0.3) is 21.1 Å². The Bertz CT molecular complexity index is 1360. The number of halogens is 3. The Kier molecular flexibility index (Phi) is 10.4. The van der Waals surface area contributed by atoms with E-state index in [1.165, 1.54) is 46.9 Å². The first-order valence-electron chi connectivity index (χ1n) is 11.2. The summed E-state index contributed by atoms with van der Waals surface area (Å²) in [5.74, 6) is -1.33. The summed E-state index contributed by atoms with van der Waals surface area (Å²) in [6, 6.07) is 12.0. The molecule has 0 aliphatic carbocycles. The molecule has 0 N–H and O–H groups in total. The topological polar surface area (TPSA) is 78.4 Å². The van der Waals surface area contributed by atoms with Crippen LogP contribution < -0.4 is 0 Å². The van der Waals surface area contributed by atoms with Gasteiger partial charge in [0, 0.05) is 16.5 Å². The Balaban J connectivity index is 0.000000206. The average molecular weight is 610 g/mol. The number of thiazole rings is 2. The molecule has 0 saturated carbocycles. The van der Waals surface area contributed by atoms with Crippen molar-refractivity contribution in [1.29, 1.82) is 0 Å². The monoisotopic (exact) mass is 608 g/mol. The highest BCUT2D eigenvalue weighted by molar-refractivity contribution is 9.08. The summed E-state index contributed by atoms with van der Waals surface area (Å²) < 4.78 is 35.6. The van der Waals surface area contributed by atoms with Crippen LogP contribution in [-0.2, 0) is 14.8 Å². The molecule has 0 fully saturated rings. The molecule has 0 unspecified atom stereocenters. The largest absolute Gasteiger partial charge is 0.462 e. The van der Waals surface area contributed by atoms with E-state index in [9.17, 15) is 18.4 Å². The fourth-order valence-electron chi connectivity index (χ4n) is 3.01. The molecule has 0 aliphatic rings. The summed E-state index contributed by atoms with van der Waals surface area (Å²) in [4.78, 5) is 33.1. The molecule has 2 heterocycles. The minimum Gasteiger partial charge on any atom is -0.462 e. The van der Waals surface area contributed by atoms with E-state index in [1.54, 1.807) is 45.0 Å². The number of aryl methyl sites for hydroxylation is 1. The summed E-state index contributed by atoms with van der Waals surface area (Å²) >= 11 is 5.81. The van der Waals surface area contributed by atoms with Crippen LogP contribution >= 0.6 is 38.6 Å². The maximum Gasteiger partial charge on any atom is 0.350 e. The third-order valence-corrected chi connectivity index (χ3v) is 7.57. The molecule has 0 amide bonds. The third kappa shape index (κ3) is 7.50. The molecule has 2 aromatic carbocycles. The van der Waals surface area contributed by atoms with Gasteiger partial charge in [-0.2, -0.15) is 0 Å². The van der Waals surface area contributed by atoms with E-state index in [-0.39, 0.29) is 23.6 Å². The SMILES string of the molecule is CCOC(=O)c1sc(-c2ccc(F)cc2)nc1C.CCOC(=O)c1sc(-c2ccc(F)cc2)nc1CBr. The van der Waals surface area contributed by atoms with Crippen LogP contribution in [0.3, 0.4) is 0 Å². The van der Waals surface area contributed by atoms with Crippen molar-refractivity contribution in [1.82, 2.24) is 9.97 Å². The van der Waals surface area contributed by atoms with Crippen molar-refractivity contribution in [2.24, 2.45) is 0 Å². The minimum atomic E-state index is -0.372. The van der Waals surface area contributed by atoms with Gasteiger partial charge in [-0.15, -0.1) is 22.7 Å². The molecule has 4 aromatic rings. The second-order valence-electron chi connectivity index (χ2n) is 7.32. The number of rotatable bonds is 7. The van der Waals surface area contributed by atoms with Crippen LogP contribution in [0.5, 0.6) is 0 Å². The molecule has 0 spiro atoms. The van der Waals surface area contributed by atoms with Gasteiger partial charge < -0.3 is 9.47 Å². The second-order valence-corrected chi connectivity index (χ2v) is 9.88. The summed E-state index contributed by atoms with van der Waals surface area (Å²) in [5, 5.41) is 1.84. The third-order valence-electron chi connectivity index (χ3n) is 4.72. The van der Waals surface area contributed by atoms with Gasteiger partial charge in [0.05, 0.1) is 24.6 Å². The van der Waals surface area contributed by atoms with Gasteiger partial charge in [0.25, 0.3) is 0 Å². The van der Waals surface area contributed by atoms with Gasteiger partial charge in [-0.1, -0.05) is 15.9 Å². The fourth-order valence-corrected chi connectivity index (χ4v) is 5.55. The van der Waals surface area contributed by atoms with Crippen LogP contribution in [0.15, 0.2) is 48.5 Å². The van der Waals surface area contributed by atoms with E-state index in [0.717, 1.165) is 11.1 Å². The highest BCUT2D eigenvalue weighted by atomic mass is 79.9. The molecular weight excluding hydrogens is 586 g/mol. The van der Waals surface area contributed by atoms with E-state index in [2.05, 4.69) is 25.9 Å². The minimum absolute atomic E-state index is 0.294. The highest BCUT2D eigenvalue weighted by Gasteiger charge is 2.19. The molecule has 194 valence electrons. The van der Waals surface area contributed by atoms with Crippen LogP contribution in [0.4, 0.5) is 8.78 Å². The van der Waals surface area contributed by atoms with Crippen molar-refractivity contribution in [2.45, 2.75) is 26.1 Å². The summed E-state index contributed by atoms with van der Waals surface area (Å²) in [5.41, 5.74) is 2.85. The lowest BCUT2D eigenvalue weighted by atomic mass is 10.2. The zero-order chi connectivity index (χ0) is 26.9. The summed E-state index contributed by atoms with van der Waals surface area (Å²) in [6.45, 7) is 5.94. The maximum absolute atomic E-state index is 12.9. The number of nitrogens with zero attached hydrogens (tertiary/aromatic N) is 2. The summed E-state index contributed by atoms with van der Waals surface area (Å²) in [7, 11) is 0. The van der Waals surface area contributed by atoms with E-state index >= 15 is 0 Å². The molecule has 0 aliphatic heterocycles. The van der Waals surface area contributed by atoms with Gasteiger partial charge in [0.1, 0.15) is 31.4 Å². The normalized spacial score (nSPS) is 10.4. The quantitative estimate of drug-likeness (QED) is 0.160. The maximum atomic E-state index is 12.9. The number of hydrogen-bond acceptors (Lipinski definition) is 8. The zero-order valence-electron chi connectivity index (χ0n) is 20.2. The predicted molar refractivity (Wildman–Crippen MR) is 144 cm³/mol. The van der Waals surface area contributed by atoms with Crippen molar-refractivity contribution in [2.75, 3.05) is 13.2 Å². The second kappa shape index (κ2) is 13.5. The molecule has 37 heavy (non-hydrogen) atoms. The predicted octanol–water partition coefficient (Wildman–Crippen LogP) is 7.46. The van der Waals surface area contributed by atoms with Crippen molar-refractivity contribution < 1.29 is 27.8 Å². The number of alkyl halides is 1. The lowest BCUT2D eigenvalue weighted by molar-refractivity contribution is 0.0521. The summed E-state index contributed by atoms with van der Waals surface area (Å²) in [6.07, 6.45) is 0.